The zero-order chi connectivity index (χ0) is 21.9. The number of sulfonamides is 1. The van der Waals surface area contributed by atoms with E-state index in [2.05, 4.69) is 0 Å². The van der Waals surface area contributed by atoms with E-state index in [0.717, 1.165) is 19.3 Å². The molecule has 0 bridgehead atoms. The van der Waals surface area contributed by atoms with Crippen molar-refractivity contribution in [2.75, 3.05) is 13.1 Å². The smallest absolute Gasteiger partial charge is 0.340 e. The van der Waals surface area contributed by atoms with Crippen LogP contribution >= 0.6 is 23.2 Å². The molecule has 1 heterocycles. The van der Waals surface area contributed by atoms with Crippen molar-refractivity contribution in [3.05, 3.63) is 63.6 Å². The molecule has 1 saturated heterocycles. The quantitative estimate of drug-likeness (QED) is 0.456. The van der Waals surface area contributed by atoms with Crippen LogP contribution < -0.4 is 0 Å². The number of Topliss-reactive ketones (excluding diaryl/α,β-unsaturated/α-hetero) is 1. The number of halogens is 2. The molecule has 0 aromatic heterocycles. The predicted molar refractivity (Wildman–Crippen MR) is 115 cm³/mol. The third-order valence-corrected chi connectivity index (χ3v) is 7.33. The first kappa shape index (κ1) is 22.7. The van der Waals surface area contributed by atoms with Crippen molar-refractivity contribution in [3.63, 3.8) is 0 Å². The molecule has 0 radical (unpaired) electrons. The standard InChI is InChI=1S/C21H21Cl2NO5S/c1-14(20(25)15-6-5-7-16(22)12-15)29-21(26)18-13-17(8-9-19(18)23)30(27,28)24-10-3-2-4-11-24/h5-9,12-14H,2-4,10-11H2,1H3. The van der Waals surface area contributed by atoms with E-state index in [1.807, 2.05) is 0 Å². The van der Waals surface area contributed by atoms with Crippen molar-refractivity contribution in [1.29, 1.82) is 0 Å². The molecule has 1 fully saturated rings. The predicted octanol–water partition coefficient (Wildman–Crippen LogP) is 4.60. The second kappa shape index (κ2) is 9.47. The van der Waals surface area contributed by atoms with Gasteiger partial charge in [0.1, 0.15) is 0 Å². The van der Waals surface area contributed by atoms with E-state index >= 15 is 0 Å². The number of esters is 1. The molecule has 0 saturated carbocycles. The summed E-state index contributed by atoms with van der Waals surface area (Å²) in [5.74, 6) is -1.31. The molecule has 1 unspecified atom stereocenters. The second-order valence-corrected chi connectivity index (χ2v) is 9.81. The van der Waals surface area contributed by atoms with E-state index in [1.165, 1.54) is 35.5 Å². The Hall–Kier alpha value is -1.93. The first-order valence-electron chi connectivity index (χ1n) is 9.50. The average molecular weight is 470 g/mol. The van der Waals surface area contributed by atoms with E-state index in [4.69, 9.17) is 27.9 Å². The van der Waals surface area contributed by atoms with E-state index < -0.39 is 27.9 Å². The molecular formula is C21H21Cl2NO5S. The molecular weight excluding hydrogens is 449 g/mol. The fourth-order valence-electron chi connectivity index (χ4n) is 3.23. The number of nitrogens with zero attached hydrogens (tertiary/aromatic N) is 1. The first-order chi connectivity index (χ1) is 14.2. The highest BCUT2D eigenvalue weighted by Crippen LogP contribution is 2.26. The number of carbonyl (C=O) groups is 2. The lowest BCUT2D eigenvalue weighted by Crippen LogP contribution is -2.35. The summed E-state index contributed by atoms with van der Waals surface area (Å²) in [6.07, 6.45) is 1.48. The lowest BCUT2D eigenvalue weighted by molar-refractivity contribution is 0.0318. The van der Waals surface area contributed by atoms with Crippen LogP contribution in [0.1, 0.15) is 46.9 Å². The van der Waals surface area contributed by atoms with Crippen molar-refractivity contribution < 1.29 is 22.7 Å². The Bertz CT molecular complexity index is 1060. The summed E-state index contributed by atoms with van der Waals surface area (Å²) in [4.78, 5) is 25.1. The zero-order valence-corrected chi connectivity index (χ0v) is 18.6. The Morgan fingerprint density at radius 1 is 1.03 bits per heavy atom. The number of ketones is 1. The van der Waals surface area contributed by atoms with Gasteiger partial charge >= 0.3 is 5.97 Å². The first-order valence-corrected chi connectivity index (χ1v) is 11.7. The topological polar surface area (TPSA) is 80.8 Å². The molecule has 2 aromatic carbocycles. The van der Waals surface area contributed by atoms with Crippen LogP contribution in [0.5, 0.6) is 0 Å². The van der Waals surface area contributed by atoms with Gasteiger partial charge in [0.15, 0.2) is 6.10 Å². The van der Waals surface area contributed by atoms with Gasteiger partial charge in [0.05, 0.1) is 15.5 Å². The van der Waals surface area contributed by atoms with Gasteiger partial charge in [-0.15, -0.1) is 0 Å². The van der Waals surface area contributed by atoms with E-state index in [0.29, 0.717) is 23.7 Å². The van der Waals surface area contributed by atoms with Crippen LogP contribution in [0.3, 0.4) is 0 Å². The molecule has 9 heteroatoms. The maximum absolute atomic E-state index is 12.9. The van der Waals surface area contributed by atoms with Crippen LogP contribution in [-0.2, 0) is 14.8 Å². The van der Waals surface area contributed by atoms with Gasteiger partial charge in [-0.05, 0) is 50.1 Å². The molecule has 0 N–H and O–H groups in total. The van der Waals surface area contributed by atoms with Crippen LogP contribution in [0, 0.1) is 0 Å². The highest BCUT2D eigenvalue weighted by molar-refractivity contribution is 7.89. The monoisotopic (exact) mass is 469 g/mol. The fraction of sp³-hybridized carbons (Fsp3) is 0.333. The zero-order valence-electron chi connectivity index (χ0n) is 16.3. The summed E-state index contributed by atoms with van der Waals surface area (Å²) in [6, 6.07) is 10.2. The molecule has 3 rings (SSSR count). The van der Waals surface area contributed by atoms with E-state index in [1.54, 1.807) is 18.2 Å². The van der Waals surface area contributed by atoms with Crippen molar-refractivity contribution in [2.24, 2.45) is 0 Å². The van der Waals surface area contributed by atoms with Crippen LogP contribution in [-0.4, -0.2) is 43.7 Å². The third-order valence-electron chi connectivity index (χ3n) is 4.87. The Morgan fingerprint density at radius 2 is 1.73 bits per heavy atom. The molecule has 0 spiro atoms. The number of hydrogen-bond donors (Lipinski definition) is 0. The van der Waals surface area contributed by atoms with Gasteiger partial charge < -0.3 is 4.74 Å². The summed E-state index contributed by atoms with van der Waals surface area (Å²) in [5.41, 5.74) is 0.191. The Balaban J connectivity index is 1.80. The molecule has 1 aliphatic heterocycles. The van der Waals surface area contributed by atoms with Crippen LogP contribution in [0.25, 0.3) is 0 Å². The lowest BCUT2D eigenvalue weighted by Gasteiger charge is -2.26. The molecule has 1 atom stereocenters. The number of ether oxygens (including phenoxy) is 1. The number of piperidine rings is 1. The lowest BCUT2D eigenvalue weighted by atomic mass is 10.1. The molecule has 6 nitrogen and oxygen atoms in total. The maximum Gasteiger partial charge on any atom is 0.340 e. The van der Waals surface area contributed by atoms with Gasteiger partial charge in [0.2, 0.25) is 15.8 Å². The summed E-state index contributed by atoms with van der Waals surface area (Å²) in [5, 5.41) is 0.429. The van der Waals surface area contributed by atoms with Crippen LogP contribution in [0.2, 0.25) is 10.0 Å². The van der Waals surface area contributed by atoms with Gasteiger partial charge in [-0.25, -0.2) is 13.2 Å². The second-order valence-electron chi connectivity index (χ2n) is 7.03. The SMILES string of the molecule is CC(OC(=O)c1cc(S(=O)(=O)N2CCCCC2)ccc1Cl)C(=O)c1cccc(Cl)c1. The molecule has 1 aliphatic rings. The Kier molecular flexibility index (Phi) is 7.18. The fourth-order valence-corrected chi connectivity index (χ4v) is 5.16. The van der Waals surface area contributed by atoms with Gasteiger partial charge in [-0.3, -0.25) is 4.79 Å². The summed E-state index contributed by atoms with van der Waals surface area (Å²) in [7, 11) is -3.74. The third kappa shape index (κ3) is 5.03. The molecule has 160 valence electrons. The maximum atomic E-state index is 12.9. The van der Waals surface area contributed by atoms with Gasteiger partial charge in [0.25, 0.3) is 0 Å². The molecule has 30 heavy (non-hydrogen) atoms. The largest absolute Gasteiger partial charge is 0.451 e. The molecule has 2 aromatic rings. The Morgan fingerprint density at radius 3 is 2.40 bits per heavy atom. The summed E-state index contributed by atoms with van der Waals surface area (Å²) < 4.78 is 32.4. The number of rotatable bonds is 6. The average Bonchev–Trinajstić information content (AvgIpc) is 2.73. The summed E-state index contributed by atoms with van der Waals surface area (Å²) >= 11 is 12.0. The minimum absolute atomic E-state index is 0.0328. The van der Waals surface area contributed by atoms with Crippen molar-refractivity contribution in [1.82, 2.24) is 4.31 Å². The van der Waals surface area contributed by atoms with Crippen LogP contribution in [0.15, 0.2) is 47.4 Å². The number of hydrogen-bond acceptors (Lipinski definition) is 5. The highest BCUT2D eigenvalue weighted by atomic mass is 35.5. The summed E-state index contributed by atoms with van der Waals surface area (Å²) in [6.45, 7) is 2.31. The van der Waals surface area contributed by atoms with Crippen molar-refractivity contribution in [3.8, 4) is 0 Å². The Labute approximate surface area is 185 Å². The van der Waals surface area contributed by atoms with E-state index in [9.17, 15) is 18.0 Å². The minimum Gasteiger partial charge on any atom is -0.451 e. The van der Waals surface area contributed by atoms with Crippen molar-refractivity contribution >= 4 is 45.0 Å². The van der Waals surface area contributed by atoms with Crippen LogP contribution in [0.4, 0.5) is 0 Å². The van der Waals surface area contributed by atoms with Gasteiger partial charge in [-0.2, -0.15) is 4.31 Å². The normalized spacial score (nSPS) is 16.1. The molecule has 0 amide bonds. The number of benzene rings is 2. The number of carbonyl (C=O) groups excluding carboxylic acids is 2. The van der Waals surface area contributed by atoms with E-state index in [-0.39, 0.29) is 15.5 Å². The van der Waals surface area contributed by atoms with Crippen molar-refractivity contribution in [2.45, 2.75) is 37.2 Å². The molecule has 0 aliphatic carbocycles. The highest BCUT2D eigenvalue weighted by Gasteiger charge is 2.28. The van der Waals surface area contributed by atoms with Gasteiger partial charge in [0, 0.05) is 23.7 Å². The minimum atomic E-state index is -3.74. The van der Waals surface area contributed by atoms with Gasteiger partial charge in [-0.1, -0.05) is 41.8 Å².